The first-order valence-corrected chi connectivity index (χ1v) is 6.43. The predicted molar refractivity (Wildman–Crippen MR) is 70.5 cm³/mol. The summed E-state index contributed by atoms with van der Waals surface area (Å²) in [6.45, 7) is 3.31. The maximum absolute atomic E-state index is 6.09. The second-order valence-corrected chi connectivity index (χ2v) is 5.77. The molecule has 1 N–H and O–H groups in total. The van der Waals surface area contributed by atoms with Crippen LogP contribution in [0, 0.1) is 5.92 Å². The summed E-state index contributed by atoms with van der Waals surface area (Å²) in [6.07, 6.45) is 2.46. The van der Waals surface area contributed by atoms with E-state index in [-0.39, 0.29) is 5.41 Å². The molecule has 1 aromatic rings. The van der Waals surface area contributed by atoms with Gasteiger partial charge in [-0.25, -0.2) is 0 Å². The van der Waals surface area contributed by atoms with Gasteiger partial charge in [-0.2, -0.15) is 0 Å². The van der Waals surface area contributed by atoms with E-state index in [9.17, 15) is 0 Å². The monoisotopic (exact) mass is 257 g/mol. The van der Waals surface area contributed by atoms with Crippen LogP contribution in [0.3, 0.4) is 0 Å². The number of hydrogen-bond acceptors (Lipinski definition) is 1. The number of halogens is 2. The molecule has 88 valence electrons. The summed E-state index contributed by atoms with van der Waals surface area (Å²) < 4.78 is 0. The van der Waals surface area contributed by atoms with Crippen molar-refractivity contribution >= 4 is 23.2 Å². The Balaban J connectivity index is 2.29. The van der Waals surface area contributed by atoms with Crippen molar-refractivity contribution in [3.8, 4) is 0 Å². The molecule has 0 unspecified atom stereocenters. The molecule has 3 heteroatoms. The molecule has 1 aliphatic carbocycles. The van der Waals surface area contributed by atoms with Gasteiger partial charge in [-0.3, -0.25) is 0 Å². The van der Waals surface area contributed by atoms with Crippen molar-refractivity contribution in [2.45, 2.75) is 25.2 Å². The van der Waals surface area contributed by atoms with Gasteiger partial charge in [0.25, 0.3) is 0 Å². The minimum atomic E-state index is 0.266. The smallest absolute Gasteiger partial charge is 0.0595 e. The Kier molecular flexibility index (Phi) is 3.48. The van der Waals surface area contributed by atoms with Crippen molar-refractivity contribution in [3.05, 3.63) is 33.8 Å². The van der Waals surface area contributed by atoms with Crippen LogP contribution >= 0.6 is 23.2 Å². The minimum absolute atomic E-state index is 0.266. The summed E-state index contributed by atoms with van der Waals surface area (Å²) in [6, 6.07) is 6.03. The van der Waals surface area contributed by atoms with Crippen LogP contribution in [0.25, 0.3) is 0 Å². The lowest BCUT2D eigenvalue weighted by atomic mass is 9.59. The topological polar surface area (TPSA) is 12.0 Å². The Hall–Kier alpha value is -0.240. The van der Waals surface area contributed by atoms with E-state index in [0.717, 1.165) is 12.5 Å². The Morgan fingerprint density at radius 1 is 1.31 bits per heavy atom. The van der Waals surface area contributed by atoms with E-state index in [0.29, 0.717) is 10.0 Å². The van der Waals surface area contributed by atoms with Crippen LogP contribution in [0.2, 0.25) is 10.0 Å². The van der Waals surface area contributed by atoms with Gasteiger partial charge in [-0.15, -0.1) is 0 Å². The van der Waals surface area contributed by atoms with Crippen molar-refractivity contribution in [2.24, 2.45) is 5.92 Å². The van der Waals surface area contributed by atoms with Crippen LogP contribution in [-0.2, 0) is 5.41 Å². The van der Waals surface area contributed by atoms with Crippen LogP contribution in [0.1, 0.15) is 25.3 Å². The van der Waals surface area contributed by atoms with E-state index < -0.39 is 0 Å². The van der Waals surface area contributed by atoms with Gasteiger partial charge in [0.05, 0.1) is 10.0 Å². The van der Waals surface area contributed by atoms with E-state index in [1.54, 1.807) is 0 Å². The molecule has 1 aromatic carbocycles. The molecule has 0 aromatic heterocycles. The van der Waals surface area contributed by atoms with Crippen LogP contribution in [-0.4, -0.2) is 13.6 Å². The fourth-order valence-corrected chi connectivity index (χ4v) is 3.22. The van der Waals surface area contributed by atoms with Crippen LogP contribution in [0.15, 0.2) is 18.2 Å². The average Bonchev–Trinajstić information content (AvgIpc) is 2.20. The Bertz CT molecular complexity index is 378. The van der Waals surface area contributed by atoms with Gasteiger partial charge in [0.1, 0.15) is 0 Å². The lowest BCUT2D eigenvalue weighted by molar-refractivity contribution is 0.155. The molecule has 1 nitrogen and oxygen atoms in total. The summed E-state index contributed by atoms with van der Waals surface area (Å²) in [5.41, 5.74) is 1.58. The lowest BCUT2D eigenvalue weighted by Gasteiger charge is -2.47. The lowest BCUT2D eigenvalue weighted by Crippen LogP contribution is -2.47. The molecule has 1 aliphatic rings. The van der Waals surface area contributed by atoms with Crippen LogP contribution < -0.4 is 5.32 Å². The average molecular weight is 258 g/mol. The molecule has 0 bridgehead atoms. The van der Waals surface area contributed by atoms with Gasteiger partial charge in [-0.05, 0) is 43.5 Å². The highest BCUT2D eigenvalue weighted by atomic mass is 35.5. The van der Waals surface area contributed by atoms with Gasteiger partial charge in [0.2, 0.25) is 0 Å². The molecule has 2 rings (SSSR count). The van der Waals surface area contributed by atoms with Crippen molar-refractivity contribution in [3.63, 3.8) is 0 Å². The molecule has 1 saturated carbocycles. The molecule has 0 radical (unpaired) electrons. The predicted octanol–water partition coefficient (Wildman–Crippen LogP) is 3.88. The number of benzene rings is 1. The summed E-state index contributed by atoms with van der Waals surface area (Å²) in [4.78, 5) is 0. The molecule has 0 saturated heterocycles. The third kappa shape index (κ3) is 2.09. The Morgan fingerprint density at radius 3 is 2.50 bits per heavy atom. The van der Waals surface area contributed by atoms with Gasteiger partial charge < -0.3 is 5.32 Å². The summed E-state index contributed by atoms with van der Waals surface area (Å²) in [5.74, 6) is 0.808. The Morgan fingerprint density at radius 2 is 2.00 bits per heavy atom. The fourth-order valence-electron chi connectivity index (χ4n) is 2.92. The second-order valence-electron chi connectivity index (χ2n) is 4.95. The Labute approximate surface area is 107 Å². The first-order chi connectivity index (χ1) is 7.57. The number of hydrogen-bond donors (Lipinski definition) is 1. The quantitative estimate of drug-likeness (QED) is 0.867. The summed E-state index contributed by atoms with van der Waals surface area (Å²) in [5, 5.41) is 4.59. The first-order valence-electron chi connectivity index (χ1n) is 5.67. The highest BCUT2D eigenvalue weighted by Crippen LogP contribution is 2.48. The number of rotatable bonds is 3. The summed E-state index contributed by atoms with van der Waals surface area (Å²) in [7, 11) is 2.00. The zero-order valence-electron chi connectivity index (χ0n) is 9.69. The molecule has 0 heterocycles. The number of likely N-dealkylation sites (N-methyl/N-ethyl adjacent to an activating group) is 1. The maximum Gasteiger partial charge on any atom is 0.0595 e. The molecule has 16 heavy (non-hydrogen) atoms. The molecule has 0 amide bonds. The highest BCUT2D eigenvalue weighted by Gasteiger charge is 2.42. The van der Waals surface area contributed by atoms with Crippen molar-refractivity contribution in [1.82, 2.24) is 5.32 Å². The highest BCUT2D eigenvalue weighted by molar-refractivity contribution is 6.42. The maximum atomic E-state index is 6.09. The number of nitrogens with one attached hydrogen (secondary N) is 1. The fraction of sp³-hybridized carbons (Fsp3) is 0.538. The van der Waals surface area contributed by atoms with Crippen LogP contribution in [0.5, 0.6) is 0 Å². The third-order valence-electron chi connectivity index (χ3n) is 3.53. The second kappa shape index (κ2) is 4.56. The molecular weight excluding hydrogens is 241 g/mol. The molecule has 1 fully saturated rings. The molecule has 0 aliphatic heterocycles. The van der Waals surface area contributed by atoms with Crippen molar-refractivity contribution in [2.75, 3.05) is 13.6 Å². The zero-order valence-corrected chi connectivity index (χ0v) is 11.2. The third-order valence-corrected chi connectivity index (χ3v) is 4.26. The van der Waals surface area contributed by atoms with E-state index in [2.05, 4.69) is 18.3 Å². The summed E-state index contributed by atoms with van der Waals surface area (Å²) >= 11 is 12.0. The van der Waals surface area contributed by atoms with E-state index in [4.69, 9.17) is 23.2 Å². The van der Waals surface area contributed by atoms with E-state index in [1.165, 1.54) is 18.4 Å². The minimum Gasteiger partial charge on any atom is -0.319 e. The van der Waals surface area contributed by atoms with E-state index >= 15 is 0 Å². The van der Waals surface area contributed by atoms with Crippen molar-refractivity contribution in [1.29, 1.82) is 0 Å². The van der Waals surface area contributed by atoms with Gasteiger partial charge in [0.15, 0.2) is 0 Å². The zero-order chi connectivity index (χ0) is 11.8. The van der Waals surface area contributed by atoms with Gasteiger partial charge >= 0.3 is 0 Å². The SMILES string of the molecule is CNCC1(c2ccc(Cl)c(Cl)c2)CC(C)C1. The molecular formula is C13H17Cl2N. The van der Waals surface area contributed by atoms with Gasteiger partial charge in [0, 0.05) is 12.0 Å². The first kappa shape index (κ1) is 12.2. The standard InChI is InChI=1S/C13H17Cl2N/c1-9-6-13(7-9,8-16-2)10-3-4-11(14)12(15)5-10/h3-5,9,16H,6-8H2,1-2H3. The van der Waals surface area contributed by atoms with Gasteiger partial charge in [-0.1, -0.05) is 36.2 Å². The van der Waals surface area contributed by atoms with E-state index in [1.807, 2.05) is 19.2 Å². The molecule has 0 atom stereocenters. The molecule has 0 spiro atoms. The normalized spacial score (nSPS) is 28.9. The van der Waals surface area contributed by atoms with Crippen molar-refractivity contribution < 1.29 is 0 Å². The largest absolute Gasteiger partial charge is 0.319 e. The van der Waals surface area contributed by atoms with Crippen LogP contribution in [0.4, 0.5) is 0 Å².